The van der Waals surface area contributed by atoms with Crippen molar-refractivity contribution in [2.24, 2.45) is 0 Å². The summed E-state index contributed by atoms with van der Waals surface area (Å²) in [5, 5.41) is 11.2. The first kappa shape index (κ1) is 19.1. The fourth-order valence-corrected chi connectivity index (χ4v) is 3.71. The molecule has 1 unspecified atom stereocenters. The molecule has 4 aromatic rings. The number of likely N-dealkylation sites (tertiary alicyclic amines) is 1. The zero-order valence-corrected chi connectivity index (χ0v) is 16.9. The number of aromatic nitrogens is 4. The molecule has 5 rings (SSSR count). The number of nitrogens with zero attached hydrogens (tertiary/aromatic N) is 4. The first-order valence-corrected chi connectivity index (χ1v) is 10.1. The zero-order valence-electron chi connectivity index (χ0n) is 16.9. The minimum Gasteiger partial charge on any atom is -0.494 e. The number of hydrogen-bond donors (Lipinski definition) is 1. The zero-order chi connectivity index (χ0) is 21.2. The lowest BCUT2D eigenvalue weighted by atomic mass is 10.1. The molecule has 1 N–H and O–H groups in total. The smallest absolute Gasteiger partial charge is 0.275 e. The van der Waals surface area contributed by atoms with Crippen LogP contribution in [-0.4, -0.2) is 44.3 Å². The van der Waals surface area contributed by atoms with Gasteiger partial charge < -0.3 is 18.6 Å². The number of amides is 1. The van der Waals surface area contributed by atoms with Crippen LogP contribution in [0, 0.1) is 0 Å². The highest BCUT2D eigenvalue weighted by Crippen LogP contribution is 2.30. The number of benzene rings is 1. The lowest BCUT2D eigenvalue weighted by molar-refractivity contribution is -0.128. The van der Waals surface area contributed by atoms with Crippen molar-refractivity contribution in [3.63, 3.8) is 0 Å². The summed E-state index contributed by atoms with van der Waals surface area (Å²) >= 11 is 0. The van der Waals surface area contributed by atoms with Crippen LogP contribution in [0.4, 0.5) is 0 Å². The first-order valence-electron chi connectivity index (χ1n) is 10.1. The average molecular weight is 419 g/mol. The van der Waals surface area contributed by atoms with Crippen LogP contribution in [0.5, 0.6) is 5.75 Å². The van der Waals surface area contributed by atoms with Gasteiger partial charge in [-0.3, -0.25) is 9.89 Å². The quantitative estimate of drug-likeness (QED) is 0.487. The summed E-state index contributed by atoms with van der Waals surface area (Å²) in [7, 11) is 0. The minimum atomic E-state index is -0.118. The van der Waals surface area contributed by atoms with Gasteiger partial charge in [-0.2, -0.15) is 10.1 Å². The highest BCUT2D eigenvalue weighted by atomic mass is 16.5. The second-order valence-corrected chi connectivity index (χ2v) is 7.36. The highest BCUT2D eigenvalue weighted by Gasteiger charge is 2.34. The lowest BCUT2D eigenvalue weighted by Gasteiger charge is -2.16. The van der Waals surface area contributed by atoms with Gasteiger partial charge in [0.25, 0.3) is 5.89 Å². The van der Waals surface area contributed by atoms with Crippen molar-refractivity contribution in [1.29, 1.82) is 0 Å². The molecule has 0 radical (unpaired) electrons. The molecule has 1 aliphatic rings. The Morgan fingerprint density at radius 3 is 3.03 bits per heavy atom. The summed E-state index contributed by atoms with van der Waals surface area (Å²) in [5.41, 5.74) is 2.27. The third-order valence-electron chi connectivity index (χ3n) is 5.19. The van der Waals surface area contributed by atoms with Gasteiger partial charge in [-0.05, 0) is 36.8 Å². The highest BCUT2D eigenvalue weighted by molar-refractivity contribution is 5.79. The van der Waals surface area contributed by atoms with Crippen molar-refractivity contribution in [2.75, 3.05) is 13.2 Å². The molecule has 1 fully saturated rings. The van der Waals surface area contributed by atoms with E-state index in [-0.39, 0.29) is 11.8 Å². The summed E-state index contributed by atoms with van der Waals surface area (Å²) in [6.07, 6.45) is 1.94. The third-order valence-corrected chi connectivity index (χ3v) is 5.19. The second kappa shape index (κ2) is 8.10. The van der Waals surface area contributed by atoms with E-state index >= 15 is 0 Å². The van der Waals surface area contributed by atoms with Gasteiger partial charge in [-0.25, -0.2) is 0 Å². The van der Waals surface area contributed by atoms with E-state index in [1.807, 2.05) is 42.2 Å². The van der Waals surface area contributed by atoms with Crippen LogP contribution in [0.25, 0.3) is 23.0 Å². The monoisotopic (exact) mass is 419 g/mol. The summed E-state index contributed by atoms with van der Waals surface area (Å²) in [6, 6.07) is 13.2. The van der Waals surface area contributed by atoms with Crippen LogP contribution in [0.15, 0.2) is 57.7 Å². The molecule has 1 aliphatic heterocycles. The van der Waals surface area contributed by atoms with E-state index in [1.54, 1.807) is 18.4 Å². The molecular formula is C22H21N5O4. The number of aromatic amines is 1. The fourth-order valence-electron chi connectivity index (χ4n) is 3.71. The van der Waals surface area contributed by atoms with E-state index in [0.717, 1.165) is 11.3 Å². The maximum Gasteiger partial charge on any atom is 0.275 e. The average Bonchev–Trinajstić information content (AvgIpc) is 3.56. The van der Waals surface area contributed by atoms with Gasteiger partial charge in [-0.15, -0.1) is 0 Å². The summed E-state index contributed by atoms with van der Waals surface area (Å²) in [6.45, 7) is 3.61. The van der Waals surface area contributed by atoms with Gasteiger partial charge in [-0.1, -0.05) is 17.3 Å². The predicted octanol–water partition coefficient (Wildman–Crippen LogP) is 3.63. The van der Waals surface area contributed by atoms with Crippen LogP contribution >= 0.6 is 0 Å². The molecule has 0 bridgehead atoms. The van der Waals surface area contributed by atoms with E-state index in [1.165, 1.54) is 0 Å². The van der Waals surface area contributed by atoms with E-state index in [0.29, 0.717) is 55.0 Å². The van der Waals surface area contributed by atoms with Crippen molar-refractivity contribution in [1.82, 2.24) is 25.2 Å². The number of hydrogen-bond acceptors (Lipinski definition) is 7. The number of furan rings is 1. The van der Waals surface area contributed by atoms with Crippen molar-refractivity contribution in [3.8, 4) is 28.8 Å². The molecule has 3 aromatic heterocycles. The van der Waals surface area contributed by atoms with Crippen LogP contribution in [0.2, 0.25) is 0 Å². The molecular weight excluding hydrogens is 398 g/mol. The summed E-state index contributed by atoms with van der Waals surface area (Å²) < 4.78 is 16.3. The van der Waals surface area contributed by atoms with Crippen LogP contribution in [-0.2, 0) is 11.3 Å². The maximum absolute atomic E-state index is 12.6. The molecule has 0 spiro atoms. The molecule has 1 aromatic carbocycles. The van der Waals surface area contributed by atoms with Gasteiger partial charge in [0, 0.05) is 31.5 Å². The first-order chi connectivity index (χ1) is 15.2. The topological polar surface area (TPSA) is 110 Å². The largest absolute Gasteiger partial charge is 0.494 e. The Bertz CT molecular complexity index is 1180. The Kier molecular flexibility index (Phi) is 4.99. The molecule has 0 aliphatic carbocycles. The minimum absolute atomic E-state index is 0.0693. The standard InChI is InChI=1S/C22H21N5O4/c1-2-29-16-6-3-5-14(9-16)12-27-13-15(10-20(27)28)21-23-22(31-26-21)18-11-17(24-25-18)19-7-4-8-30-19/h3-9,11,15H,2,10,12-13H2,1H3,(H,24,25). The summed E-state index contributed by atoms with van der Waals surface area (Å²) in [4.78, 5) is 18.9. The van der Waals surface area contributed by atoms with E-state index < -0.39 is 0 Å². The Morgan fingerprint density at radius 1 is 1.26 bits per heavy atom. The molecule has 1 amide bonds. The molecule has 1 atom stereocenters. The van der Waals surface area contributed by atoms with E-state index in [4.69, 9.17) is 13.7 Å². The van der Waals surface area contributed by atoms with Gasteiger partial charge in [0.05, 0.1) is 12.9 Å². The lowest BCUT2D eigenvalue weighted by Crippen LogP contribution is -2.24. The molecule has 9 nitrogen and oxygen atoms in total. The van der Waals surface area contributed by atoms with E-state index in [9.17, 15) is 4.79 Å². The number of rotatable bonds is 7. The maximum atomic E-state index is 12.6. The Hall–Kier alpha value is -3.88. The Labute approximate surface area is 178 Å². The third kappa shape index (κ3) is 3.94. The Morgan fingerprint density at radius 2 is 2.19 bits per heavy atom. The molecule has 9 heteroatoms. The van der Waals surface area contributed by atoms with Crippen LogP contribution in [0.1, 0.15) is 30.7 Å². The predicted molar refractivity (Wildman–Crippen MR) is 110 cm³/mol. The number of nitrogens with one attached hydrogen (secondary N) is 1. The van der Waals surface area contributed by atoms with Gasteiger partial charge in [0.1, 0.15) is 17.1 Å². The van der Waals surface area contributed by atoms with Crippen LogP contribution < -0.4 is 4.74 Å². The van der Waals surface area contributed by atoms with Crippen molar-refractivity contribution in [3.05, 3.63) is 60.1 Å². The molecule has 1 saturated heterocycles. The van der Waals surface area contributed by atoms with Gasteiger partial charge in [0.2, 0.25) is 5.91 Å². The number of carbonyl (C=O) groups excluding carboxylic acids is 1. The molecule has 158 valence electrons. The molecule has 4 heterocycles. The Balaban J connectivity index is 1.27. The van der Waals surface area contributed by atoms with Crippen molar-refractivity contribution in [2.45, 2.75) is 25.8 Å². The van der Waals surface area contributed by atoms with Crippen molar-refractivity contribution < 1.29 is 18.5 Å². The number of ether oxygens (including phenoxy) is 1. The molecule has 31 heavy (non-hydrogen) atoms. The fraction of sp³-hybridized carbons (Fsp3) is 0.273. The van der Waals surface area contributed by atoms with Gasteiger partial charge in [0.15, 0.2) is 11.6 Å². The SMILES string of the molecule is CCOc1cccc(CN2CC(c3noc(-c4cc(-c5ccco5)n[nH]4)n3)CC2=O)c1. The van der Waals surface area contributed by atoms with Gasteiger partial charge >= 0.3 is 0 Å². The van der Waals surface area contributed by atoms with E-state index in [2.05, 4.69) is 20.3 Å². The number of H-pyrrole nitrogens is 1. The van der Waals surface area contributed by atoms with Crippen molar-refractivity contribution >= 4 is 5.91 Å². The van der Waals surface area contributed by atoms with Crippen LogP contribution in [0.3, 0.4) is 0 Å². The number of carbonyl (C=O) groups is 1. The molecule has 0 saturated carbocycles. The summed E-state index contributed by atoms with van der Waals surface area (Å²) in [5.74, 6) is 2.25. The second-order valence-electron chi connectivity index (χ2n) is 7.36. The normalized spacial score (nSPS) is 16.2.